The summed E-state index contributed by atoms with van der Waals surface area (Å²) < 4.78 is 14.9. The highest BCUT2D eigenvalue weighted by Crippen LogP contribution is 2.23. The zero-order chi connectivity index (χ0) is 20.1. The van der Waals surface area contributed by atoms with E-state index in [1.54, 1.807) is 30.5 Å². The average molecular weight is 420 g/mol. The lowest BCUT2D eigenvalue weighted by Crippen LogP contribution is -2.15. The Morgan fingerprint density at radius 3 is 2.71 bits per heavy atom. The van der Waals surface area contributed by atoms with Gasteiger partial charge in [-0.25, -0.2) is 9.37 Å². The molecule has 1 amide bonds. The molecule has 3 rings (SSSR count). The van der Waals surface area contributed by atoms with Crippen molar-refractivity contribution < 1.29 is 14.3 Å². The summed E-state index contributed by atoms with van der Waals surface area (Å²) in [7, 11) is 0. The SMILES string of the molecule is Cc1ccc(NC(=O)CSc2ncc(CO)n2Cc2ccc(F)cc2)cc1Cl. The molecule has 5 nitrogen and oxygen atoms in total. The fourth-order valence-corrected chi connectivity index (χ4v) is 3.55. The first-order valence-electron chi connectivity index (χ1n) is 8.55. The van der Waals surface area contributed by atoms with Crippen LogP contribution in [-0.4, -0.2) is 26.3 Å². The second kappa shape index (κ2) is 9.23. The Hall–Kier alpha value is -2.35. The molecular formula is C20H19ClFN3O2S. The van der Waals surface area contributed by atoms with Crippen LogP contribution in [0.3, 0.4) is 0 Å². The number of aryl methyl sites for hydroxylation is 1. The Labute approximate surface area is 171 Å². The van der Waals surface area contributed by atoms with E-state index in [9.17, 15) is 14.3 Å². The minimum Gasteiger partial charge on any atom is -0.390 e. The van der Waals surface area contributed by atoms with E-state index in [4.69, 9.17) is 11.6 Å². The van der Waals surface area contributed by atoms with Crippen LogP contribution in [0, 0.1) is 12.7 Å². The van der Waals surface area contributed by atoms with Gasteiger partial charge in [-0.1, -0.05) is 41.6 Å². The molecule has 0 bridgehead atoms. The van der Waals surface area contributed by atoms with Crippen molar-refractivity contribution in [1.82, 2.24) is 9.55 Å². The molecule has 1 heterocycles. The third-order valence-electron chi connectivity index (χ3n) is 4.11. The van der Waals surface area contributed by atoms with Crippen molar-refractivity contribution in [2.24, 2.45) is 0 Å². The predicted octanol–water partition coefficient (Wildman–Crippen LogP) is 4.26. The molecular weight excluding hydrogens is 401 g/mol. The Morgan fingerprint density at radius 2 is 2.04 bits per heavy atom. The van der Waals surface area contributed by atoms with E-state index in [1.807, 2.05) is 17.6 Å². The van der Waals surface area contributed by atoms with Crippen LogP contribution in [-0.2, 0) is 17.9 Å². The van der Waals surface area contributed by atoms with Crippen molar-refractivity contribution in [3.8, 4) is 0 Å². The number of hydrogen-bond donors (Lipinski definition) is 2. The van der Waals surface area contributed by atoms with Gasteiger partial charge in [-0.05, 0) is 42.3 Å². The number of hydrogen-bond acceptors (Lipinski definition) is 4. The van der Waals surface area contributed by atoms with Crippen LogP contribution >= 0.6 is 23.4 Å². The number of carbonyl (C=O) groups excluding carboxylic acids is 1. The molecule has 0 spiro atoms. The number of nitrogens with one attached hydrogen (secondary N) is 1. The third-order valence-corrected chi connectivity index (χ3v) is 5.50. The zero-order valence-corrected chi connectivity index (χ0v) is 16.7. The van der Waals surface area contributed by atoms with E-state index in [1.165, 1.54) is 23.9 Å². The van der Waals surface area contributed by atoms with Crippen LogP contribution in [0.15, 0.2) is 53.8 Å². The number of anilines is 1. The highest BCUT2D eigenvalue weighted by molar-refractivity contribution is 7.99. The second-order valence-corrected chi connectivity index (χ2v) is 7.55. The summed E-state index contributed by atoms with van der Waals surface area (Å²) in [6.45, 7) is 2.14. The van der Waals surface area contributed by atoms with Gasteiger partial charge in [0.1, 0.15) is 5.82 Å². The quantitative estimate of drug-likeness (QED) is 0.561. The maximum atomic E-state index is 13.1. The number of aromatic nitrogens is 2. The van der Waals surface area contributed by atoms with E-state index < -0.39 is 0 Å². The summed E-state index contributed by atoms with van der Waals surface area (Å²) in [6.07, 6.45) is 1.57. The molecule has 3 aromatic rings. The lowest BCUT2D eigenvalue weighted by Gasteiger charge is -2.11. The molecule has 2 aromatic carbocycles. The number of imidazole rings is 1. The van der Waals surface area contributed by atoms with Crippen molar-refractivity contribution in [2.75, 3.05) is 11.1 Å². The first-order chi connectivity index (χ1) is 13.5. The normalized spacial score (nSPS) is 10.9. The summed E-state index contributed by atoms with van der Waals surface area (Å²) in [5.41, 5.74) is 3.06. The molecule has 0 aliphatic carbocycles. The van der Waals surface area contributed by atoms with Crippen LogP contribution in [0.5, 0.6) is 0 Å². The Balaban J connectivity index is 1.66. The monoisotopic (exact) mass is 419 g/mol. The van der Waals surface area contributed by atoms with Gasteiger partial charge in [0.05, 0.1) is 24.3 Å². The van der Waals surface area contributed by atoms with Gasteiger partial charge >= 0.3 is 0 Å². The molecule has 0 aliphatic rings. The summed E-state index contributed by atoms with van der Waals surface area (Å²) >= 11 is 7.34. The number of rotatable bonds is 7. The fourth-order valence-electron chi connectivity index (χ4n) is 2.57. The molecule has 0 saturated heterocycles. The van der Waals surface area contributed by atoms with Crippen LogP contribution < -0.4 is 5.32 Å². The number of nitrogens with zero attached hydrogens (tertiary/aromatic N) is 2. The van der Waals surface area contributed by atoms with Gasteiger partial charge in [0.15, 0.2) is 5.16 Å². The Kier molecular flexibility index (Phi) is 6.72. The van der Waals surface area contributed by atoms with Crippen LogP contribution in [0.25, 0.3) is 0 Å². The van der Waals surface area contributed by atoms with Crippen LogP contribution in [0.2, 0.25) is 5.02 Å². The molecule has 28 heavy (non-hydrogen) atoms. The molecule has 0 unspecified atom stereocenters. The van der Waals surface area contributed by atoms with E-state index in [2.05, 4.69) is 10.3 Å². The molecule has 146 valence electrons. The molecule has 0 saturated carbocycles. The van der Waals surface area contributed by atoms with Gasteiger partial charge in [-0.15, -0.1) is 0 Å². The summed E-state index contributed by atoms with van der Waals surface area (Å²) in [5, 5.41) is 13.5. The fraction of sp³-hybridized carbons (Fsp3) is 0.200. The number of aliphatic hydroxyl groups excluding tert-OH is 1. The second-order valence-electron chi connectivity index (χ2n) is 6.20. The van der Waals surface area contributed by atoms with Gasteiger partial charge in [-0.3, -0.25) is 4.79 Å². The van der Waals surface area contributed by atoms with Gasteiger partial charge in [0.25, 0.3) is 0 Å². The van der Waals surface area contributed by atoms with Crippen molar-refractivity contribution in [2.45, 2.75) is 25.2 Å². The number of aliphatic hydroxyl groups is 1. The molecule has 0 atom stereocenters. The largest absolute Gasteiger partial charge is 0.390 e. The third kappa shape index (κ3) is 5.13. The Bertz CT molecular complexity index is 976. The van der Waals surface area contributed by atoms with Gasteiger partial charge in [0.2, 0.25) is 5.91 Å². The molecule has 1 aromatic heterocycles. The summed E-state index contributed by atoms with van der Waals surface area (Å²) in [4.78, 5) is 16.6. The first kappa shape index (κ1) is 20.4. The van der Waals surface area contributed by atoms with E-state index >= 15 is 0 Å². The van der Waals surface area contributed by atoms with Crippen molar-refractivity contribution in [1.29, 1.82) is 0 Å². The maximum absolute atomic E-state index is 13.1. The van der Waals surface area contributed by atoms with Crippen molar-refractivity contribution in [3.63, 3.8) is 0 Å². The topological polar surface area (TPSA) is 67.2 Å². The predicted molar refractivity (Wildman–Crippen MR) is 109 cm³/mol. The summed E-state index contributed by atoms with van der Waals surface area (Å²) in [5.74, 6) is -0.345. The number of halogens is 2. The van der Waals surface area contributed by atoms with Gasteiger partial charge in [0, 0.05) is 17.3 Å². The van der Waals surface area contributed by atoms with E-state index in [0.29, 0.717) is 28.1 Å². The van der Waals surface area contributed by atoms with E-state index in [-0.39, 0.29) is 24.1 Å². The van der Waals surface area contributed by atoms with Crippen molar-refractivity contribution >= 4 is 35.0 Å². The number of carbonyl (C=O) groups is 1. The van der Waals surface area contributed by atoms with Crippen molar-refractivity contribution in [3.05, 3.63) is 76.3 Å². The first-order valence-corrected chi connectivity index (χ1v) is 9.91. The summed E-state index contributed by atoms with van der Waals surface area (Å²) in [6, 6.07) is 11.5. The minimum atomic E-state index is -0.306. The molecule has 0 aliphatic heterocycles. The molecule has 0 radical (unpaired) electrons. The molecule has 2 N–H and O–H groups in total. The Morgan fingerprint density at radius 1 is 1.29 bits per heavy atom. The number of benzene rings is 2. The number of thioether (sulfide) groups is 1. The highest BCUT2D eigenvalue weighted by atomic mass is 35.5. The zero-order valence-electron chi connectivity index (χ0n) is 15.2. The average Bonchev–Trinajstić information content (AvgIpc) is 3.06. The van der Waals surface area contributed by atoms with Crippen LogP contribution in [0.1, 0.15) is 16.8 Å². The smallest absolute Gasteiger partial charge is 0.234 e. The maximum Gasteiger partial charge on any atom is 0.234 e. The minimum absolute atomic E-state index is 0.150. The highest BCUT2D eigenvalue weighted by Gasteiger charge is 2.13. The van der Waals surface area contributed by atoms with E-state index in [0.717, 1.165) is 11.1 Å². The lowest BCUT2D eigenvalue weighted by molar-refractivity contribution is -0.113. The number of amides is 1. The molecule has 0 fully saturated rings. The van der Waals surface area contributed by atoms with Gasteiger partial charge in [-0.2, -0.15) is 0 Å². The molecule has 8 heteroatoms. The van der Waals surface area contributed by atoms with Crippen LogP contribution in [0.4, 0.5) is 10.1 Å². The van der Waals surface area contributed by atoms with Gasteiger partial charge < -0.3 is 15.0 Å². The lowest BCUT2D eigenvalue weighted by atomic mass is 10.2. The standard InChI is InChI=1S/C20H19ClFN3O2S/c1-13-2-7-16(8-18(13)21)24-19(27)12-28-20-23-9-17(11-26)25(20)10-14-3-5-15(22)6-4-14/h2-9,26H,10-12H2,1H3,(H,24,27).